The molecule has 0 atom stereocenters. The van der Waals surface area contributed by atoms with E-state index in [1.54, 1.807) is 36.7 Å². The van der Waals surface area contributed by atoms with Crippen molar-refractivity contribution < 1.29 is 14.0 Å². The maximum atomic E-state index is 13.0. The van der Waals surface area contributed by atoms with Gasteiger partial charge in [-0.05, 0) is 29.8 Å². The molecule has 3 aromatic rings. The summed E-state index contributed by atoms with van der Waals surface area (Å²) in [5, 5.41) is 5.19. The van der Waals surface area contributed by atoms with Crippen LogP contribution in [0.2, 0.25) is 0 Å². The summed E-state index contributed by atoms with van der Waals surface area (Å²) in [7, 11) is 0. The minimum Gasteiger partial charge on any atom is -0.366 e. The minimum absolute atomic E-state index is 0.179. The second-order valence-electron chi connectivity index (χ2n) is 5.26. The summed E-state index contributed by atoms with van der Waals surface area (Å²) in [5.41, 5.74) is 2.26. The zero-order valence-corrected chi connectivity index (χ0v) is 13.1. The van der Waals surface area contributed by atoms with Crippen molar-refractivity contribution in [3.63, 3.8) is 0 Å². The number of carbonyl (C=O) groups excluding carboxylic acids is 2. The first kappa shape index (κ1) is 16.4. The highest BCUT2D eigenvalue weighted by Gasteiger charge is 2.15. The first-order valence-corrected chi connectivity index (χ1v) is 7.54. The molecule has 0 fully saturated rings. The Hall–Kier alpha value is -3.48. The Bertz CT molecular complexity index is 876. The number of aromatic nitrogens is 2. The Morgan fingerprint density at radius 1 is 1.12 bits per heavy atom. The summed E-state index contributed by atoms with van der Waals surface area (Å²) in [6.07, 6.45) is 6.30. The summed E-state index contributed by atoms with van der Waals surface area (Å²) in [4.78, 5) is 31.0. The Morgan fingerprint density at radius 2 is 1.92 bits per heavy atom. The van der Waals surface area contributed by atoms with Gasteiger partial charge < -0.3 is 15.6 Å². The highest BCUT2D eigenvalue weighted by molar-refractivity contribution is 6.03. The first-order valence-electron chi connectivity index (χ1n) is 7.54. The molecule has 0 saturated heterocycles. The van der Waals surface area contributed by atoms with Crippen molar-refractivity contribution in [2.45, 2.75) is 0 Å². The predicted molar refractivity (Wildman–Crippen MR) is 91.4 cm³/mol. The van der Waals surface area contributed by atoms with Gasteiger partial charge in [0.05, 0.1) is 24.0 Å². The van der Waals surface area contributed by atoms with Crippen molar-refractivity contribution in [3.05, 3.63) is 72.6 Å². The van der Waals surface area contributed by atoms with Crippen LogP contribution in [0.15, 0.2) is 61.2 Å². The van der Waals surface area contributed by atoms with E-state index in [-0.39, 0.29) is 18.3 Å². The summed E-state index contributed by atoms with van der Waals surface area (Å²) in [6, 6.07) is 9.22. The molecule has 25 heavy (non-hydrogen) atoms. The Morgan fingerprint density at radius 3 is 2.64 bits per heavy atom. The van der Waals surface area contributed by atoms with E-state index in [9.17, 15) is 14.0 Å². The fraction of sp³-hybridized carbons (Fsp3) is 0.0556. The van der Waals surface area contributed by atoms with Crippen LogP contribution >= 0.6 is 0 Å². The van der Waals surface area contributed by atoms with E-state index in [2.05, 4.69) is 20.6 Å². The molecule has 0 aliphatic rings. The SMILES string of the molecule is O=C(CNC(=O)c1c[nH]cc1-c1ccc(F)cc1)Nc1cccnc1. The zero-order chi connectivity index (χ0) is 17.6. The molecule has 3 N–H and O–H groups in total. The third-order valence-electron chi connectivity index (χ3n) is 3.50. The van der Waals surface area contributed by atoms with Gasteiger partial charge in [-0.2, -0.15) is 0 Å². The second-order valence-corrected chi connectivity index (χ2v) is 5.26. The number of hydrogen-bond donors (Lipinski definition) is 3. The largest absolute Gasteiger partial charge is 0.366 e. The highest BCUT2D eigenvalue weighted by atomic mass is 19.1. The van der Waals surface area contributed by atoms with E-state index in [0.29, 0.717) is 22.4 Å². The smallest absolute Gasteiger partial charge is 0.253 e. The van der Waals surface area contributed by atoms with Gasteiger partial charge in [0, 0.05) is 24.2 Å². The fourth-order valence-electron chi connectivity index (χ4n) is 2.32. The number of pyridine rings is 1. The Balaban J connectivity index is 1.63. The van der Waals surface area contributed by atoms with Crippen molar-refractivity contribution in [3.8, 4) is 11.1 Å². The third-order valence-corrected chi connectivity index (χ3v) is 3.50. The predicted octanol–water partition coefficient (Wildman–Crippen LogP) is 2.58. The number of carbonyl (C=O) groups is 2. The number of benzene rings is 1. The fourth-order valence-corrected chi connectivity index (χ4v) is 2.32. The van der Waals surface area contributed by atoms with Crippen LogP contribution in [0, 0.1) is 5.82 Å². The number of H-pyrrole nitrogens is 1. The number of halogens is 1. The van der Waals surface area contributed by atoms with Crippen molar-refractivity contribution in [1.82, 2.24) is 15.3 Å². The highest BCUT2D eigenvalue weighted by Crippen LogP contribution is 2.23. The van der Waals surface area contributed by atoms with Crippen LogP contribution in [0.3, 0.4) is 0 Å². The van der Waals surface area contributed by atoms with Crippen LogP contribution < -0.4 is 10.6 Å². The van der Waals surface area contributed by atoms with E-state index in [1.165, 1.54) is 24.5 Å². The second kappa shape index (κ2) is 7.39. The zero-order valence-electron chi connectivity index (χ0n) is 13.1. The minimum atomic E-state index is -0.401. The Labute approximate surface area is 143 Å². The van der Waals surface area contributed by atoms with E-state index >= 15 is 0 Å². The van der Waals surface area contributed by atoms with Gasteiger partial charge in [-0.25, -0.2) is 4.39 Å². The quantitative estimate of drug-likeness (QED) is 0.668. The van der Waals surface area contributed by atoms with E-state index in [1.807, 2.05) is 0 Å². The molecule has 0 spiro atoms. The normalized spacial score (nSPS) is 10.3. The molecule has 0 bridgehead atoms. The average Bonchev–Trinajstić information content (AvgIpc) is 3.11. The lowest BCUT2D eigenvalue weighted by Crippen LogP contribution is -2.32. The molecular weight excluding hydrogens is 323 g/mol. The maximum absolute atomic E-state index is 13.0. The van der Waals surface area contributed by atoms with Crippen LogP contribution in [0.25, 0.3) is 11.1 Å². The number of amides is 2. The number of rotatable bonds is 5. The van der Waals surface area contributed by atoms with Crippen molar-refractivity contribution in [2.75, 3.05) is 11.9 Å². The molecule has 7 heteroatoms. The van der Waals surface area contributed by atoms with Crippen LogP contribution in [-0.2, 0) is 4.79 Å². The third kappa shape index (κ3) is 4.08. The lowest BCUT2D eigenvalue weighted by Gasteiger charge is -2.07. The lowest BCUT2D eigenvalue weighted by molar-refractivity contribution is -0.115. The van der Waals surface area contributed by atoms with Gasteiger partial charge in [0.2, 0.25) is 5.91 Å². The van der Waals surface area contributed by atoms with Gasteiger partial charge in [0.1, 0.15) is 5.82 Å². The molecule has 0 aliphatic carbocycles. The Kier molecular flexibility index (Phi) is 4.84. The molecule has 6 nitrogen and oxygen atoms in total. The average molecular weight is 338 g/mol. The molecule has 2 heterocycles. The molecular formula is C18H15FN4O2. The summed E-state index contributed by atoms with van der Waals surface area (Å²) in [5.74, 6) is -1.11. The number of nitrogens with one attached hydrogen (secondary N) is 3. The summed E-state index contributed by atoms with van der Waals surface area (Å²) < 4.78 is 13.0. The first-order chi connectivity index (χ1) is 12.1. The van der Waals surface area contributed by atoms with Gasteiger partial charge in [-0.1, -0.05) is 12.1 Å². The van der Waals surface area contributed by atoms with Gasteiger partial charge >= 0.3 is 0 Å². The van der Waals surface area contributed by atoms with Crippen LogP contribution in [0.1, 0.15) is 10.4 Å². The monoisotopic (exact) mass is 338 g/mol. The number of aromatic amines is 1. The number of hydrogen-bond acceptors (Lipinski definition) is 3. The number of nitrogens with zero attached hydrogens (tertiary/aromatic N) is 1. The topological polar surface area (TPSA) is 86.9 Å². The van der Waals surface area contributed by atoms with Gasteiger partial charge in [0.15, 0.2) is 0 Å². The number of anilines is 1. The van der Waals surface area contributed by atoms with Crippen molar-refractivity contribution in [1.29, 1.82) is 0 Å². The summed E-state index contributed by atoms with van der Waals surface area (Å²) >= 11 is 0. The molecule has 3 rings (SSSR count). The van der Waals surface area contributed by atoms with E-state index in [4.69, 9.17) is 0 Å². The van der Waals surface area contributed by atoms with E-state index in [0.717, 1.165) is 0 Å². The van der Waals surface area contributed by atoms with Crippen LogP contribution in [-0.4, -0.2) is 28.3 Å². The molecule has 0 unspecified atom stereocenters. The molecule has 126 valence electrons. The lowest BCUT2D eigenvalue weighted by atomic mass is 10.0. The van der Waals surface area contributed by atoms with Gasteiger partial charge in [0.25, 0.3) is 5.91 Å². The van der Waals surface area contributed by atoms with Crippen LogP contribution in [0.4, 0.5) is 10.1 Å². The molecule has 0 saturated carbocycles. The summed E-state index contributed by atoms with van der Waals surface area (Å²) in [6.45, 7) is -0.179. The van der Waals surface area contributed by atoms with Crippen molar-refractivity contribution in [2.24, 2.45) is 0 Å². The standard InChI is InChI=1S/C18H15FN4O2/c19-13-5-3-12(4-6-13)15-9-21-10-16(15)18(25)22-11-17(24)23-14-2-1-7-20-8-14/h1-10,21H,11H2,(H,22,25)(H,23,24). The molecule has 2 amide bonds. The molecule has 1 aromatic carbocycles. The molecule has 0 aliphatic heterocycles. The maximum Gasteiger partial charge on any atom is 0.253 e. The van der Waals surface area contributed by atoms with Gasteiger partial charge in [-0.15, -0.1) is 0 Å². The van der Waals surface area contributed by atoms with Crippen LogP contribution in [0.5, 0.6) is 0 Å². The molecule has 2 aromatic heterocycles. The van der Waals surface area contributed by atoms with E-state index < -0.39 is 5.91 Å². The van der Waals surface area contributed by atoms with Gasteiger partial charge in [-0.3, -0.25) is 14.6 Å². The van der Waals surface area contributed by atoms with Crippen molar-refractivity contribution >= 4 is 17.5 Å². The molecule has 0 radical (unpaired) electrons.